The van der Waals surface area contributed by atoms with Crippen molar-refractivity contribution >= 4 is 27.7 Å². The van der Waals surface area contributed by atoms with Crippen molar-refractivity contribution < 1.29 is 18.6 Å². The van der Waals surface area contributed by atoms with Crippen LogP contribution in [0.5, 0.6) is 17.2 Å². The number of fused-ring (bicyclic) bond motifs is 3. The summed E-state index contributed by atoms with van der Waals surface area (Å²) in [5, 5.41) is 0.815. The van der Waals surface area contributed by atoms with Crippen molar-refractivity contribution in [2.45, 2.75) is 0 Å². The maximum Gasteiger partial charge on any atom is 0.349 e. The third-order valence-corrected chi connectivity index (χ3v) is 4.41. The average molecular weight is 379 g/mol. The number of nitrogen functional groups attached to an aromatic ring is 1. The molecule has 0 saturated carbocycles. The number of nitrogens with zero attached hydrogens (tertiary/aromatic N) is 2. The van der Waals surface area contributed by atoms with Gasteiger partial charge >= 0.3 is 5.63 Å². The second kappa shape index (κ2) is 6.73. The lowest BCUT2D eigenvalue weighted by Crippen LogP contribution is -2.08. The second-order valence-corrected chi connectivity index (χ2v) is 5.96. The molecule has 0 atom stereocenters. The Labute approximate surface area is 159 Å². The zero-order valence-electron chi connectivity index (χ0n) is 15.5. The number of benzene rings is 2. The Morgan fingerprint density at radius 2 is 1.64 bits per heavy atom. The van der Waals surface area contributed by atoms with E-state index in [4.69, 9.17) is 24.4 Å². The molecule has 4 aromatic rings. The molecule has 2 N–H and O–H groups in total. The van der Waals surface area contributed by atoms with Gasteiger partial charge in [0.15, 0.2) is 17.3 Å². The average Bonchev–Trinajstić information content (AvgIpc) is 2.72. The Bertz CT molecular complexity index is 1240. The van der Waals surface area contributed by atoms with Crippen molar-refractivity contribution in [1.29, 1.82) is 0 Å². The van der Waals surface area contributed by atoms with E-state index in [9.17, 15) is 4.79 Å². The van der Waals surface area contributed by atoms with Crippen molar-refractivity contribution in [1.82, 2.24) is 9.97 Å². The number of para-hydroxylation sites is 1. The minimum Gasteiger partial charge on any atom is -0.493 e. The maximum absolute atomic E-state index is 12.4. The van der Waals surface area contributed by atoms with Crippen LogP contribution in [-0.4, -0.2) is 31.3 Å². The Hall–Kier alpha value is -3.81. The number of methoxy groups -OCH3 is 3. The highest BCUT2D eigenvalue weighted by molar-refractivity contribution is 6.05. The molecule has 4 rings (SSSR count). The summed E-state index contributed by atoms with van der Waals surface area (Å²) in [5.41, 5.74) is 6.95. The summed E-state index contributed by atoms with van der Waals surface area (Å²) in [6.07, 6.45) is 0. The van der Waals surface area contributed by atoms with Crippen molar-refractivity contribution in [3.8, 4) is 28.6 Å². The summed E-state index contributed by atoms with van der Waals surface area (Å²) >= 11 is 0. The van der Waals surface area contributed by atoms with Crippen molar-refractivity contribution in [3.63, 3.8) is 0 Å². The van der Waals surface area contributed by atoms with Gasteiger partial charge in [-0.1, -0.05) is 12.1 Å². The van der Waals surface area contributed by atoms with Gasteiger partial charge in [-0.3, -0.25) is 0 Å². The molecule has 2 aromatic carbocycles. The van der Waals surface area contributed by atoms with E-state index >= 15 is 0 Å². The number of rotatable bonds is 4. The summed E-state index contributed by atoms with van der Waals surface area (Å²) in [6.45, 7) is 0. The number of ether oxygens (including phenoxy) is 3. The molecule has 0 bridgehead atoms. The van der Waals surface area contributed by atoms with Crippen molar-refractivity contribution in [3.05, 3.63) is 46.8 Å². The van der Waals surface area contributed by atoms with Gasteiger partial charge in [0.2, 0.25) is 5.75 Å². The smallest absolute Gasteiger partial charge is 0.349 e. The first kappa shape index (κ1) is 17.6. The Morgan fingerprint density at radius 3 is 2.29 bits per heavy atom. The van der Waals surface area contributed by atoms with Crippen LogP contribution in [0, 0.1) is 0 Å². The van der Waals surface area contributed by atoms with Gasteiger partial charge in [0, 0.05) is 10.9 Å². The Morgan fingerprint density at radius 1 is 0.964 bits per heavy atom. The van der Waals surface area contributed by atoms with Crippen LogP contribution < -0.4 is 25.6 Å². The fourth-order valence-corrected chi connectivity index (χ4v) is 3.12. The zero-order valence-corrected chi connectivity index (χ0v) is 15.5. The van der Waals surface area contributed by atoms with Crippen LogP contribution in [0.15, 0.2) is 45.6 Å². The molecule has 8 nitrogen and oxygen atoms in total. The molecule has 2 heterocycles. The van der Waals surface area contributed by atoms with Crippen LogP contribution in [0.4, 0.5) is 5.82 Å². The number of anilines is 1. The number of aromatic nitrogens is 2. The highest BCUT2D eigenvalue weighted by atomic mass is 16.5. The highest BCUT2D eigenvalue weighted by Crippen LogP contribution is 2.41. The van der Waals surface area contributed by atoms with Gasteiger partial charge in [-0.2, -0.15) is 0 Å². The van der Waals surface area contributed by atoms with E-state index in [2.05, 4.69) is 9.97 Å². The lowest BCUT2D eigenvalue weighted by atomic mass is 10.1. The molecule has 0 aliphatic rings. The first-order valence-electron chi connectivity index (χ1n) is 8.36. The van der Waals surface area contributed by atoms with Gasteiger partial charge in [0.05, 0.1) is 26.8 Å². The Kier molecular flexibility index (Phi) is 4.23. The van der Waals surface area contributed by atoms with Gasteiger partial charge in [-0.25, -0.2) is 14.8 Å². The molecule has 0 spiro atoms. The van der Waals surface area contributed by atoms with Gasteiger partial charge in [-0.15, -0.1) is 0 Å². The van der Waals surface area contributed by atoms with Crippen molar-refractivity contribution in [2.24, 2.45) is 0 Å². The summed E-state index contributed by atoms with van der Waals surface area (Å²) in [4.78, 5) is 21.3. The first-order chi connectivity index (χ1) is 13.6. The van der Waals surface area contributed by atoms with Crippen LogP contribution >= 0.6 is 0 Å². The van der Waals surface area contributed by atoms with E-state index in [1.54, 1.807) is 24.3 Å². The first-order valence-corrected chi connectivity index (χ1v) is 8.36. The minimum absolute atomic E-state index is 0.0354. The lowest BCUT2D eigenvalue weighted by Gasteiger charge is -2.14. The monoisotopic (exact) mass is 379 g/mol. The Balaban J connectivity index is 2.05. The molecule has 8 heteroatoms. The molecule has 0 saturated heterocycles. The van der Waals surface area contributed by atoms with Gasteiger partial charge in [-0.05, 0) is 24.3 Å². The van der Waals surface area contributed by atoms with E-state index in [0.29, 0.717) is 45.1 Å². The topological polar surface area (TPSA) is 110 Å². The number of nitrogens with two attached hydrogens (primary N) is 1. The van der Waals surface area contributed by atoms with Crippen molar-refractivity contribution in [2.75, 3.05) is 27.1 Å². The SMILES string of the molecule is COc1cc(-c2nc(N)c3c(=O)oc4ccccc4c3n2)cc(OC)c1OC. The second-order valence-electron chi connectivity index (χ2n) is 5.96. The minimum atomic E-state index is -0.581. The van der Waals surface area contributed by atoms with E-state index in [1.807, 2.05) is 12.1 Å². The molecular weight excluding hydrogens is 362 g/mol. The van der Waals surface area contributed by atoms with Crippen LogP contribution in [0.25, 0.3) is 33.3 Å². The third-order valence-electron chi connectivity index (χ3n) is 4.41. The molecule has 142 valence electrons. The third kappa shape index (κ3) is 2.66. The van der Waals surface area contributed by atoms with Gasteiger partial charge in [0.1, 0.15) is 16.8 Å². The molecule has 0 aliphatic carbocycles. The molecular formula is C20H17N3O5. The van der Waals surface area contributed by atoms with Gasteiger partial charge in [0.25, 0.3) is 0 Å². The predicted molar refractivity (Wildman–Crippen MR) is 105 cm³/mol. The summed E-state index contributed by atoms with van der Waals surface area (Å²) < 4.78 is 21.5. The molecule has 0 fully saturated rings. The summed E-state index contributed by atoms with van der Waals surface area (Å²) in [7, 11) is 4.57. The molecule has 28 heavy (non-hydrogen) atoms. The quantitative estimate of drug-likeness (QED) is 0.426. The maximum atomic E-state index is 12.4. The number of hydrogen-bond donors (Lipinski definition) is 1. The normalized spacial score (nSPS) is 11.0. The highest BCUT2D eigenvalue weighted by Gasteiger charge is 2.19. The molecule has 0 amide bonds. The lowest BCUT2D eigenvalue weighted by molar-refractivity contribution is 0.324. The summed E-state index contributed by atoms with van der Waals surface area (Å²) in [6, 6.07) is 10.6. The van der Waals surface area contributed by atoms with Crippen LogP contribution in [0.2, 0.25) is 0 Å². The van der Waals surface area contributed by atoms with Gasteiger partial charge < -0.3 is 24.4 Å². The largest absolute Gasteiger partial charge is 0.493 e. The molecule has 0 aliphatic heterocycles. The fourth-order valence-electron chi connectivity index (χ4n) is 3.12. The van der Waals surface area contributed by atoms with E-state index in [0.717, 1.165) is 0 Å². The molecule has 0 radical (unpaired) electrons. The predicted octanol–water partition coefficient (Wildman–Crippen LogP) is 3.01. The van der Waals surface area contributed by atoms with Crippen LogP contribution in [-0.2, 0) is 0 Å². The van der Waals surface area contributed by atoms with E-state index in [-0.39, 0.29) is 11.2 Å². The molecule has 0 unspecified atom stereocenters. The summed E-state index contributed by atoms with van der Waals surface area (Å²) in [5.74, 6) is 1.72. The van der Waals surface area contributed by atoms with Crippen LogP contribution in [0.3, 0.4) is 0 Å². The van der Waals surface area contributed by atoms with E-state index in [1.165, 1.54) is 21.3 Å². The van der Waals surface area contributed by atoms with E-state index < -0.39 is 5.63 Å². The molecule has 2 aromatic heterocycles. The zero-order chi connectivity index (χ0) is 19.8. The van der Waals surface area contributed by atoms with Crippen LogP contribution in [0.1, 0.15) is 0 Å². The fraction of sp³-hybridized carbons (Fsp3) is 0.150. The number of hydrogen-bond acceptors (Lipinski definition) is 8. The standard InChI is InChI=1S/C20H17N3O5/c1-25-13-8-10(9-14(26-2)17(13)27-3)19-22-16-11-6-4-5-7-12(11)28-20(24)15(16)18(21)23-19/h4-9H,1-3H3,(H2,21,22,23).